The molecule has 4 aromatic rings. The molecule has 0 aliphatic rings. The molecule has 0 bridgehead atoms. The van der Waals surface area contributed by atoms with Crippen molar-refractivity contribution in [1.29, 1.82) is 0 Å². The van der Waals surface area contributed by atoms with E-state index in [0.717, 1.165) is 59.8 Å². The predicted molar refractivity (Wildman–Crippen MR) is 168 cm³/mol. The molecular weight excluding hydrogens is 532 g/mol. The zero-order valence-electron chi connectivity index (χ0n) is 24.6. The SMILES string of the molecule is COCCCc1cccnc1-c1ccc(C(CN)Cc2ccc(OCCOc3c(C)cc(C)cc3Cl)cc2)c(C)c1. The van der Waals surface area contributed by atoms with Gasteiger partial charge in [-0.2, -0.15) is 0 Å². The lowest BCUT2D eigenvalue weighted by Gasteiger charge is -2.19. The van der Waals surface area contributed by atoms with E-state index in [2.05, 4.69) is 49.4 Å². The molecule has 1 atom stereocenters. The Hall–Kier alpha value is -3.38. The molecule has 5 nitrogen and oxygen atoms in total. The molecule has 0 spiro atoms. The molecule has 0 fully saturated rings. The van der Waals surface area contributed by atoms with Crippen LogP contribution < -0.4 is 15.2 Å². The first kappa shape index (κ1) is 30.6. The summed E-state index contributed by atoms with van der Waals surface area (Å²) >= 11 is 6.34. The van der Waals surface area contributed by atoms with E-state index < -0.39 is 0 Å². The lowest BCUT2D eigenvalue weighted by molar-refractivity contribution is 0.195. The van der Waals surface area contributed by atoms with E-state index in [1.807, 2.05) is 44.3 Å². The maximum absolute atomic E-state index is 6.34. The van der Waals surface area contributed by atoms with E-state index in [0.29, 0.717) is 24.8 Å². The number of rotatable bonds is 14. The normalized spacial score (nSPS) is 11.9. The molecule has 6 heteroatoms. The summed E-state index contributed by atoms with van der Waals surface area (Å²) in [5.41, 5.74) is 15.6. The molecule has 3 aromatic carbocycles. The van der Waals surface area contributed by atoms with Crippen LogP contribution in [0.15, 0.2) is 72.9 Å². The van der Waals surface area contributed by atoms with Crippen LogP contribution >= 0.6 is 11.6 Å². The van der Waals surface area contributed by atoms with Crippen molar-refractivity contribution in [3.8, 4) is 22.8 Å². The van der Waals surface area contributed by atoms with Gasteiger partial charge in [0.05, 0.1) is 10.7 Å². The number of methoxy groups -OCH3 is 1. The first-order chi connectivity index (χ1) is 19.9. The summed E-state index contributed by atoms with van der Waals surface area (Å²) in [6.07, 6.45) is 4.64. The van der Waals surface area contributed by atoms with E-state index in [9.17, 15) is 0 Å². The van der Waals surface area contributed by atoms with Crippen LogP contribution in [0.3, 0.4) is 0 Å². The molecular formula is C35H41ClN2O3. The molecule has 1 heterocycles. The Labute approximate surface area is 249 Å². The highest BCUT2D eigenvalue weighted by Gasteiger charge is 2.16. The average Bonchev–Trinajstić information content (AvgIpc) is 2.96. The average molecular weight is 573 g/mol. The van der Waals surface area contributed by atoms with Gasteiger partial charge in [-0.1, -0.05) is 48.0 Å². The summed E-state index contributed by atoms with van der Waals surface area (Å²) in [6, 6.07) is 23.0. The van der Waals surface area contributed by atoms with Crippen molar-refractivity contribution in [2.75, 3.05) is 33.5 Å². The molecule has 0 saturated heterocycles. The fourth-order valence-electron chi connectivity index (χ4n) is 5.30. The summed E-state index contributed by atoms with van der Waals surface area (Å²) in [6.45, 7) is 8.36. The third kappa shape index (κ3) is 8.32. The molecule has 1 aromatic heterocycles. The summed E-state index contributed by atoms with van der Waals surface area (Å²) < 4.78 is 17.0. The fourth-order valence-corrected chi connectivity index (χ4v) is 5.68. The highest BCUT2D eigenvalue weighted by atomic mass is 35.5. The van der Waals surface area contributed by atoms with Crippen molar-refractivity contribution in [1.82, 2.24) is 4.98 Å². The van der Waals surface area contributed by atoms with Crippen molar-refractivity contribution >= 4 is 11.6 Å². The van der Waals surface area contributed by atoms with Gasteiger partial charge in [-0.15, -0.1) is 0 Å². The van der Waals surface area contributed by atoms with Gasteiger partial charge in [0.2, 0.25) is 0 Å². The van der Waals surface area contributed by atoms with E-state index in [4.69, 9.17) is 36.5 Å². The van der Waals surface area contributed by atoms with Crippen LogP contribution in [0.4, 0.5) is 0 Å². The minimum absolute atomic E-state index is 0.219. The van der Waals surface area contributed by atoms with Crippen LogP contribution in [-0.2, 0) is 17.6 Å². The molecule has 0 aliphatic heterocycles. The second-order valence-corrected chi connectivity index (χ2v) is 11.0. The van der Waals surface area contributed by atoms with Gasteiger partial charge in [0.1, 0.15) is 24.7 Å². The number of hydrogen-bond donors (Lipinski definition) is 1. The molecule has 4 rings (SSSR count). The Kier molecular flexibility index (Phi) is 11.2. The maximum Gasteiger partial charge on any atom is 0.140 e. The van der Waals surface area contributed by atoms with Crippen molar-refractivity contribution in [2.45, 2.75) is 46.0 Å². The lowest BCUT2D eigenvalue weighted by atomic mass is 9.87. The maximum atomic E-state index is 6.34. The third-order valence-corrected chi connectivity index (χ3v) is 7.61. The molecule has 216 valence electrons. The zero-order valence-corrected chi connectivity index (χ0v) is 25.3. The van der Waals surface area contributed by atoms with Crippen LogP contribution in [0.5, 0.6) is 11.5 Å². The number of nitrogens with two attached hydrogens (primary N) is 1. The number of benzene rings is 3. The minimum atomic E-state index is 0.219. The Morgan fingerprint density at radius 3 is 2.37 bits per heavy atom. The Morgan fingerprint density at radius 2 is 1.66 bits per heavy atom. The molecule has 1 unspecified atom stereocenters. The van der Waals surface area contributed by atoms with Gasteiger partial charge in [-0.3, -0.25) is 4.98 Å². The van der Waals surface area contributed by atoms with Gasteiger partial charge in [-0.05, 0) is 110 Å². The van der Waals surface area contributed by atoms with Crippen LogP contribution in [0.2, 0.25) is 5.02 Å². The zero-order chi connectivity index (χ0) is 29.2. The molecule has 0 amide bonds. The highest BCUT2D eigenvalue weighted by molar-refractivity contribution is 6.32. The van der Waals surface area contributed by atoms with Gasteiger partial charge in [-0.25, -0.2) is 0 Å². The van der Waals surface area contributed by atoms with Crippen molar-refractivity contribution in [3.63, 3.8) is 0 Å². The second kappa shape index (κ2) is 15.0. The molecule has 41 heavy (non-hydrogen) atoms. The third-order valence-electron chi connectivity index (χ3n) is 7.33. The predicted octanol–water partition coefficient (Wildman–Crippen LogP) is 7.65. The van der Waals surface area contributed by atoms with Crippen LogP contribution in [-0.4, -0.2) is 38.5 Å². The molecule has 0 saturated carbocycles. The number of halogens is 1. The quantitative estimate of drug-likeness (QED) is 0.157. The first-order valence-electron chi connectivity index (χ1n) is 14.2. The number of aryl methyl sites for hydroxylation is 4. The fraction of sp³-hybridized carbons (Fsp3) is 0.343. The van der Waals surface area contributed by atoms with Crippen LogP contribution in [0, 0.1) is 20.8 Å². The van der Waals surface area contributed by atoms with Crippen LogP contribution in [0.25, 0.3) is 11.3 Å². The van der Waals surface area contributed by atoms with Crippen molar-refractivity contribution in [3.05, 3.63) is 111 Å². The topological polar surface area (TPSA) is 66.6 Å². The van der Waals surface area contributed by atoms with E-state index in [1.165, 1.54) is 22.3 Å². The lowest BCUT2D eigenvalue weighted by Crippen LogP contribution is -2.16. The van der Waals surface area contributed by atoms with Gasteiger partial charge >= 0.3 is 0 Å². The Morgan fingerprint density at radius 1 is 0.878 bits per heavy atom. The van der Waals surface area contributed by atoms with Crippen molar-refractivity contribution in [2.24, 2.45) is 5.73 Å². The van der Waals surface area contributed by atoms with Gasteiger partial charge in [0, 0.05) is 31.4 Å². The Balaban J connectivity index is 1.35. The van der Waals surface area contributed by atoms with Gasteiger partial charge in [0.25, 0.3) is 0 Å². The standard InChI is InChI=1S/C35H41ClN2O3/c1-24-19-26(3)35(33(36)20-24)41-18-17-40-31-12-9-27(10-13-31)22-30(23-37)32-14-11-29(21-25(32)2)34-28(7-5-15-38-34)8-6-16-39-4/h5,7,9-15,19-21,30H,6,8,16-18,22-23,37H2,1-4H3. The highest BCUT2D eigenvalue weighted by Crippen LogP contribution is 2.31. The van der Waals surface area contributed by atoms with E-state index in [1.54, 1.807) is 7.11 Å². The number of ether oxygens (including phenoxy) is 3. The van der Waals surface area contributed by atoms with E-state index >= 15 is 0 Å². The monoisotopic (exact) mass is 572 g/mol. The smallest absolute Gasteiger partial charge is 0.140 e. The molecule has 0 aliphatic carbocycles. The molecule has 0 radical (unpaired) electrons. The summed E-state index contributed by atoms with van der Waals surface area (Å²) in [4.78, 5) is 4.70. The molecule has 2 N–H and O–H groups in total. The van der Waals surface area contributed by atoms with E-state index in [-0.39, 0.29) is 5.92 Å². The largest absolute Gasteiger partial charge is 0.490 e. The summed E-state index contributed by atoms with van der Waals surface area (Å²) in [7, 11) is 1.74. The number of nitrogens with zero attached hydrogens (tertiary/aromatic N) is 1. The van der Waals surface area contributed by atoms with Gasteiger partial charge < -0.3 is 19.9 Å². The summed E-state index contributed by atoms with van der Waals surface area (Å²) in [5.74, 6) is 1.75. The number of aromatic nitrogens is 1. The number of hydrogen-bond acceptors (Lipinski definition) is 5. The van der Waals surface area contributed by atoms with Crippen molar-refractivity contribution < 1.29 is 14.2 Å². The minimum Gasteiger partial charge on any atom is -0.490 e. The summed E-state index contributed by atoms with van der Waals surface area (Å²) in [5, 5.41) is 0.630. The Bertz CT molecular complexity index is 1400. The van der Waals surface area contributed by atoms with Gasteiger partial charge in [0.15, 0.2) is 0 Å². The second-order valence-electron chi connectivity index (χ2n) is 10.5. The first-order valence-corrected chi connectivity index (χ1v) is 14.6. The van der Waals surface area contributed by atoms with Crippen LogP contribution in [0.1, 0.15) is 45.7 Å². The number of pyridine rings is 1.